The van der Waals surface area contributed by atoms with Crippen LogP contribution in [0.4, 0.5) is 0 Å². The lowest BCUT2D eigenvalue weighted by atomic mass is 9.84. The molecule has 1 aliphatic rings. The summed E-state index contributed by atoms with van der Waals surface area (Å²) in [5.74, 6) is 1.23. The number of hydrogen-bond acceptors (Lipinski definition) is 2. The molecule has 96 valence electrons. The van der Waals surface area contributed by atoms with E-state index < -0.39 is 0 Å². The second-order valence-corrected chi connectivity index (χ2v) is 5.38. The van der Waals surface area contributed by atoms with Crippen LogP contribution in [0.25, 0.3) is 0 Å². The van der Waals surface area contributed by atoms with Gasteiger partial charge in [0.15, 0.2) is 0 Å². The van der Waals surface area contributed by atoms with Gasteiger partial charge in [-0.05, 0) is 37.6 Å². The Morgan fingerprint density at radius 2 is 2.24 bits per heavy atom. The molecule has 0 saturated heterocycles. The molecule has 0 spiro atoms. The van der Waals surface area contributed by atoms with Crippen molar-refractivity contribution < 1.29 is 0 Å². The van der Waals surface area contributed by atoms with Crippen LogP contribution in [-0.2, 0) is 0 Å². The topological polar surface area (TPSA) is 43.8 Å². The largest absolute Gasteiger partial charge is 0.331 e. The molecule has 0 aromatic carbocycles. The molecule has 1 heterocycles. The molecule has 2 rings (SSSR count). The van der Waals surface area contributed by atoms with Gasteiger partial charge in [-0.15, -0.1) is 0 Å². The van der Waals surface area contributed by atoms with Gasteiger partial charge in [-0.2, -0.15) is 0 Å². The maximum atomic E-state index is 5.92. The quantitative estimate of drug-likeness (QED) is 0.871. The SMILES string of the molecule is CCC(C)c1cncn1C1CCCCC1CN. The van der Waals surface area contributed by atoms with Crippen LogP contribution in [0.1, 0.15) is 63.6 Å². The van der Waals surface area contributed by atoms with Gasteiger partial charge in [0.05, 0.1) is 6.33 Å². The fraction of sp³-hybridized carbons (Fsp3) is 0.786. The summed E-state index contributed by atoms with van der Waals surface area (Å²) in [5, 5.41) is 0. The fourth-order valence-corrected chi connectivity index (χ4v) is 3.01. The van der Waals surface area contributed by atoms with E-state index >= 15 is 0 Å². The second-order valence-electron chi connectivity index (χ2n) is 5.38. The third kappa shape index (κ3) is 2.54. The third-order valence-electron chi connectivity index (χ3n) is 4.34. The summed E-state index contributed by atoms with van der Waals surface area (Å²) >= 11 is 0. The summed E-state index contributed by atoms with van der Waals surface area (Å²) in [6.45, 7) is 5.33. The molecule has 1 saturated carbocycles. The second kappa shape index (κ2) is 5.67. The standard InChI is InChI=1S/C14H25N3/c1-3-11(2)14-9-16-10-17(14)13-7-5-4-6-12(13)8-15/h9-13H,3-8,15H2,1-2H3. The highest BCUT2D eigenvalue weighted by Crippen LogP contribution is 2.35. The lowest BCUT2D eigenvalue weighted by Gasteiger charge is -2.33. The van der Waals surface area contributed by atoms with E-state index in [1.807, 2.05) is 12.5 Å². The Labute approximate surface area is 104 Å². The molecule has 1 aliphatic carbocycles. The molecule has 3 nitrogen and oxygen atoms in total. The number of imidazole rings is 1. The summed E-state index contributed by atoms with van der Waals surface area (Å²) in [6, 6.07) is 0.584. The molecule has 0 aliphatic heterocycles. The Morgan fingerprint density at radius 3 is 2.94 bits per heavy atom. The molecule has 1 fully saturated rings. The van der Waals surface area contributed by atoms with Gasteiger partial charge in [0.2, 0.25) is 0 Å². The van der Waals surface area contributed by atoms with Crippen molar-refractivity contribution in [3.05, 3.63) is 18.2 Å². The average molecular weight is 235 g/mol. The highest BCUT2D eigenvalue weighted by atomic mass is 15.1. The normalized spacial score (nSPS) is 27.0. The van der Waals surface area contributed by atoms with E-state index in [4.69, 9.17) is 5.73 Å². The van der Waals surface area contributed by atoms with E-state index in [0.717, 1.165) is 6.54 Å². The molecular weight excluding hydrogens is 210 g/mol. The Hall–Kier alpha value is -0.830. The maximum absolute atomic E-state index is 5.92. The highest BCUT2D eigenvalue weighted by molar-refractivity contribution is 5.07. The number of rotatable bonds is 4. The van der Waals surface area contributed by atoms with Crippen molar-refractivity contribution in [2.75, 3.05) is 6.54 Å². The minimum Gasteiger partial charge on any atom is -0.331 e. The molecule has 3 atom stereocenters. The first-order valence-corrected chi connectivity index (χ1v) is 6.99. The predicted molar refractivity (Wildman–Crippen MR) is 71.0 cm³/mol. The minimum absolute atomic E-state index is 0.584. The first-order chi connectivity index (χ1) is 8.27. The van der Waals surface area contributed by atoms with Crippen LogP contribution in [0, 0.1) is 5.92 Å². The number of hydrogen-bond donors (Lipinski definition) is 1. The first-order valence-electron chi connectivity index (χ1n) is 6.99. The number of nitrogens with zero attached hydrogens (tertiary/aromatic N) is 2. The Bertz CT molecular complexity index is 345. The predicted octanol–water partition coefficient (Wildman–Crippen LogP) is 3.09. The van der Waals surface area contributed by atoms with Crippen molar-refractivity contribution in [3.8, 4) is 0 Å². The Morgan fingerprint density at radius 1 is 1.47 bits per heavy atom. The lowest BCUT2D eigenvalue weighted by Crippen LogP contribution is -2.30. The van der Waals surface area contributed by atoms with E-state index in [9.17, 15) is 0 Å². The fourth-order valence-electron chi connectivity index (χ4n) is 3.01. The molecule has 1 aromatic heterocycles. The summed E-state index contributed by atoms with van der Waals surface area (Å²) in [5.41, 5.74) is 7.31. The Kier molecular flexibility index (Phi) is 4.21. The van der Waals surface area contributed by atoms with Crippen molar-refractivity contribution >= 4 is 0 Å². The maximum Gasteiger partial charge on any atom is 0.0950 e. The van der Waals surface area contributed by atoms with Gasteiger partial charge in [-0.1, -0.05) is 26.7 Å². The number of aromatic nitrogens is 2. The van der Waals surface area contributed by atoms with Gasteiger partial charge in [0, 0.05) is 17.9 Å². The summed E-state index contributed by atoms with van der Waals surface area (Å²) < 4.78 is 2.41. The molecule has 0 amide bonds. The van der Waals surface area contributed by atoms with E-state index in [2.05, 4.69) is 23.4 Å². The van der Waals surface area contributed by atoms with Crippen LogP contribution in [-0.4, -0.2) is 16.1 Å². The van der Waals surface area contributed by atoms with Crippen LogP contribution in [0.2, 0.25) is 0 Å². The summed E-state index contributed by atoms with van der Waals surface area (Å²) in [4.78, 5) is 4.36. The summed E-state index contributed by atoms with van der Waals surface area (Å²) in [7, 11) is 0. The Balaban J connectivity index is 2.22. The molecule has 3 unspecified atom stereocenters. The van der Waals surface area contributed by atoms with Crippen molar-refractivity contribution in [1.29, 1.82) is 0 Å². The van der Waals surface area contributed by atoms with Crippen LogP contribution >= 0.6 is 0 Å². The molecular formula is C14H25N3. The highest BCUT2D eigenvalue weighted by Gasteiger charge is 2.27. The van der Waals surface area contributed by atoms with Crippen LogP contribution in [0.5, 0.6) is 0 Å². The zero-order chi connectivity index (χ0) is 12.3. The molecule has 0 bridgehead atoms. The van der Waals surface area contributed by atoms with Crippen molar-refractivity contribution in [3.63, 3.8) is 0 Å². The third-order valence-corrected chi connectivity index (χ3v) is 4.34. The zero-order valence-electron chi connectivity index (χ0n) is 11.1. The van der Waals surface area contributed by atoms with Gasteiger partial charge < -0.3 is 10.3 Å². The lowest BCUT2D eigenvalue weighted by molar-refractivity contribution is 0.239. The van der Waals surface area contributed by atoms with Crippen LogP contribution in [0.15, 0.2) is 12.5 Å². The van der Waals surface area contributed by atoms with E-state index in [0.29, 0.717) is 17.9 Å². The van der Waals surface area contributed by atoms with Gasteiger partial charge in [-0.3, -0.25) is 0 Å². The first kappa shape index (κ1) is 12.6. The van der Waals surface area contributed by atoms with E-state index in [1.54, 1.807) is 0 Å². The van der Waals surface area contributed by atoms with Crippen LogP contribution in [0.3, 0.4) is 0 Å². The van der Waals surface area contributed by atoms with E-state index in [1.165, 1.54) is 37.8 Å². The van der Waals surface area contributed by atoms with Crippen LogP contribution < -0.4 is 5.73 Å². The van der Waals surface area contributed by atoms with Gasteiger partial charge >= 0.3 is 0 Å². The average Bonchev–Trinajstić information content (AvgIpc) is 2.86. The monoisotopic (exact) mass is 235 g/mol. The molecule has 2 N–H and O–H groups in total. The van der Waals surface area contributed by atoms with Gasteiger partial charge in [0.25, 0.3) is 0 Å². The van der Waals surface area contributed by atoms with Crippen molar-refractivity contribution in [2.24, 2.45) is 11.7 Å². The molecule has 1 aromatic rings. The number of nitrogens with two attached hydrogens (primary N) is 1. The molecule has 0 radical (unpaired) electrons. The smallest absolute Gasteiger partial charge is 0.0950 e. The van der Waals surface area contributed by atoms with Gasteiger partial charge in [0.1, 0.15) is 0 Å². The molecule has 3 heteroatoms. The van der Waals surface area contributed by atoms with E-state index in [-0.39, 0.29) is 0 Å². The van der Waals surface area contributed by atoms with Crippen molar-refractivity contribution in [2.45, 2.75) is 57.9 Å². The zero-order valence-corrected chi connectivity index (χ0v) is 11.1. The van der Waals surface area contributed by atoms with Gasteiger partial charge in [-0.25, -0.2) is 4.98 Å². The minimum atomic E-state index is 0.584. The molecule has 17 heavy (non-hydrogen) atoms. The summed E-state index contributed by atoms with van der Waals surface area (Å²) in [6.07, 6.45) is 10.4. The van der Waals surface area contributed by atoms with Crippen molar-refractivity contribution in [1.82, 2.24) is 9.55 Å².